The Morgan fingerprint density at radius 3 is 2.59 bits per heavy atom. The number of rotatable bonds is 4. The van der Waals surface area contributed by atoms with Gasteiger partial charge in [0.1, 0.15) is 5.82 Å². The van der Waals surface area contributed by atoms with Crippen molar-refractivity contribution in [1.29, 1.82) is 0 Å². The van der Waals surface area contributed by atoms with Crippen molar-refractivity contribution in [2.45, 2.75) is 19.2 Å². The summed E-state index contributed by atoms with van der Waals surface area (Å²) >= 11 is 0. The average molecular weight is 312 g/mol. The number of nitrogens with two attached hydrogens (primary N) is 1. The van der Waals surface area contributed by atoms with Crippen molar-refractivity contribution in [2.24, 2.45) is 0 Å². The van der Waals surface area contributed by atoms with E-state index in [4.69, 9.17) is 5.73 Å². The maximum absolute atomic E-state index is 12.9. The first kappa shape index (κ1) is 16.0. The number of benzene rings is 1. The van der Waals surface area contributed by atoms with Gasteiger partial charge in [-0.05, 0) is 18.6 Å². The fourth-order valence-corrected chi connectivity index (χ4v) is 2.04. The zero-order chi connectivity index (χ0) is 16.3. The standard InChI is InChI=1S/C14H15F3N4O/c1-8-6-12(21-13(18)20-8)19-7-11(22)9-4-2-3-5-10(9)14(15,16)17/h2-6,11,22H,7H2,1H3,(H3,18,19,20,21)/t11-/m1/s1. The number of nitrogen functional groups attached to an aromatic ring is 1. The molecule has 2 rings (SSSR count). The van der Waals surface area contributed by atoms with Crippen molar-refractivity contribution < 1.29 is 18.3 Å². The molecule has 1 atom stereocenters. The van der Waals surface area contributed by atoms with Crippen LogP contribution in [0.1, 0.15) is 22.9 Å². The highest BCUT2D eigenvalue weighted by molar-refractivity contribution is 5.41. The number of aliphatic hydroxyl groups excluding tert-OH is 1. The highest BCUT2D eigenvalue weighted by Crippen LogP contribution is 2.34. The number of hydrogen-bond acceptors (Lipinski definition) is 5. The van der Waals surface area contributed by atoms with Crippen LogP contribution in [0.3, 0.4) is 0 Å². The maximum Gasteiger partial charge on any atom is 0.416 e. The molecule has 0 saturated carbocycles. The number of aliphatic hydroxyl groups is 1. The molecule has 0 aliphatic heterocycles. The Hall–Kier alpha value is -2.35. The summed E-state index contributed by atoms with van der Waals surface area (Å²) < 4.78 is 38.7. The first-order valence-corrected chi connectivity index (χ1v) is 6.46. The SMILES string of the molecule is Cc1cc(NC[C@@H](O)c2ccccc2C(F)(F)F)nc(N)n1. The van der Waals surface area contributed by atoms with Gasteiger partial charge in [-0.1, -0.05) is 18.2 Å². The zero-order valence-electron chi connectivity index (χ0n) is 11.7. The van der Waals surface area contributed by atoms with E-state index < -0.39 is 17.8 Å². The molecule has 0 amide bonds. The minimum absolute atomic E-state index is 0.0488. The monoisotopic (exact) mass is 312 g/mol. The molecule has 0 saturated heterocycles. The molecule has 4 N–H and O–H groups in total. The molecule has 0 fully saturated rings. The molecule has 0 aliphatic rings. The molecule has 0 bridgehead atoms. The minimum Gasteiger partial charge on any atom is -0.387 e. The summed E-state index contributed by atoms with van der Waals surface area (Å²) in [6.07, 6.45) is -5.86. The number of alkyl halides is 3. The molecular weight excluding hydrogens is 297 g/mol. The van der Waals surface area contributed by atoms with Gasteiger partial charge in [0.15, 0.2) is 0 Å². The summed E-state index contributed by atoms with van der Waals surface area (Å²) in [4.78, 5) is 7.77. The molecule has 1 aromatic carbocycles. The molecule has 1 heterocycles. The second-order valence-corrected chi connectivity index (χ2v) is 4.73. The fraction of sp³-hybridized carbons (Fsp3) is 0.286. The Morgan fingerprint density at radius 2 is 1.95 bits per heavy atom. The van der Waals surface area contributed by atoms with E-state index in [-0.39, 0.29) is 18.1 Å². The topological polar surface area (TPSA) is 84.1 Å². The predicted octanol–water partition coefficient (Wildman–Crippen LogP) is 2.53. The third-order valence-electron chi connectivity index (χ3n) is 2.97. The van der Waals surface area contributed by atoms with Crippen LogP contribution >= 0.6 is 0 Å². The molecule has 22 heavy (non-hydrogen) atoms. The first-order chi connectivity index (χ1) is 10.3. The number of aryl methyl sites for hydroxylation is 1. The smallest absolute Gasteiger partial charge is 0.387 e. The van der Waals surface area contributed by atoms with Crippen LogP contribution in [0, 0.1) is 6.92 Å². The van der Waals surface area contributed by atoms with Gasteiger partial charge >= 0.3 is 6.18 Å². The number of aromatic nitrogens is 2. The summed E-state index contributed by atoms with van der Waals surface area (Å²) in [7, 11) is 0. The van der Waals surface area contributed by atoms with Crippen molar-refractivity contribution in [1.82, 2.24) is 9.97 Å². The predicted molar refractivity (Wildman–Crippen MR) is 76.1 cm³/mol. The van der Waals surface area contributed by atoms with Crippen LogP contribution in [-0.4, -0.2) is 21.6 Å². The van der Waals surface area contributed by atoms with Crippen LogP contribution in [0.15, 0.2) is 30.3 Å². The third kappa shape index (κ3) is 3.85. The first-order valence-electron chi connectivity index (χ1n) is 6.46. The van der Waals surface area contributed by atoms with Crippen LogP contribution in [0.4, 0.5) is 24.9 Å². The van der Waals surface area contributed by atoms with Gasteiger partial charge in [-0.15, -0.1) is 0 Å². The highest BCUT2D eigenvalue weighted by Gasteiger charge is 2.34. The number of hydrogen-bond donors (Lipinski definition) is 3. The lowest BCUT2D eigenvalue weighted by atomic mass is 10.0. The van der Waals surface area contributed by atoms with Crippen LogP contribution in [-0.2, 0) is 6.18 Å². The molecule has 0 unspecified atom stereocenters. The van der Waals surface area contributed by atoms with Crippen molar-refractivity contribution in [3.63, 3.8) is 0 Å². The maximum atomic E-state index is 12.9. The van der Waals surface area contributed by atoms with Crippen LogP contribution in [0.5, 0.6) is 0 Å². The lowest BCUT2D eigenvalue weighted by molar-refractivity contribution is -0.139. The summed E-state index contributed by atoms with van der Waals surface area (Å²) in [6.45, 7) is 1.57. The second kappa shape index (κ2) is 6.18. The number of halogens is 3. The summed E-state index contributed by atoms with van der Waals surface area (Å²) in [5.74, 6) is 0.390. The van der Waals surface area contributed by atoms with Gasteiger partial charge in [-0.3, -0.25) is 0 Å². The molecule has 0 aliphatic carbocycles. The van der Waals surface area contributed by atoms with Crippen LogP contribution < -0.4 is 11.1 Å². The molecule has 0 radical (unpaired) electrons. The van der Waals surface area contributed by atoms with E-state index >= 15 is 0 Å². The summed E-state index contributed by atoms with van der Waals surface area (Å²) in [5.41, 5.74) is 5.04. The van der Waals surface area contributed by atoms with Gasteiger partial charge in [0, 0.05) is 18.3 Å². The normalized spacial score (nSPS) is 13.0. The van der Waals surface area contributed by atoms with Crippen LogP contribution in [0.2, 0.25) is 0 Å². The molecule has 0 spiro atoms. The lowest BCUT2D eigenvalue weighted by Crippen LogP contribution is -2.18. The lowest BCUT2D eigenvalue weighted by Gasteiger charge is -2.18. The minimum atomic E-state index is -4.52. The van der Waals surface area contributed by atoms with Gasteiger partial charge in [0.2, 0.25) is 5.95 Å². The Balaban J connectivity index is 2.14. The molecule has 118 valence electrons. The molecule has 2 aromatic rings. The van der Waals surface area contributed by atoms with Gasteiger partial charge in [-0.2, -0.15) is 18.2 Å². The van der Waals surface area contributed by atoms with Gasteiger partial charge < -0.3 is 16.2 Å². The van der Waals surface area contributed by atoms with Gasteiger partial charge in [-0.25, -0.2) is 4.98 Å². The quantitative estimate of drug-likeness (QED) is 0.808. The van der Waals surface area contributed by atoms with Crippen molar-refractivity contribution in [3.8, 4) is 0 Å². The van der Waals surface area contributed by atoms with Crippen LogP contribution in [0.25, 0.3) is 0 Å². The Bertz CT molecular complexity index is 641. The molecule has 1 aromatic heterocycles. The Labute approximate surface area is 125 Å². The third-order valence-corrected chi connectivity index (χ3v) is 2.97. The van der Waals surface area contributed by atoms with E-state index in [0.29, 0.717) is 11.5 Å². The van der Waals surface area contributed by atoms with Crippen molar-refractivity contribution in [3.05, 3.63) is 47.2 Å². The van der Waals surface area contributed by atoms with Crippen molar-refractivity contribution in [2.75, 3.05) is 17.6 Å². The van der Waals surface area contributed by atoms with E-state index in [1.54, 1.807) is 13.0 Å². The van der Waals surface area contributed by atoms with Crippen molar-refractivity contribution >= 4 is 11.8 Å². The highest BCUT2D eigenvalue weighted by atomic mass is 19.4. The molecule has 8 heteroatoms. The number of nitrogens with one attached hydrogen (secondary N) is 1. The molecule has 5 nitrogen and oxygen atoms in total. The number of nitrogens with zero attached hydrogens (tertiary/aromatic N) is 2. The molecular formula is C14H15F3N4O. The van der Waals surface area contributed by atoms with E-state index in [1.165, 1.54) is 18.2 Å². The fourth-order valence-electron chi connectivity index (χ4n) is 2.04. The number of anilines is 2. The Morgan fingerprint density at radius 1 is 1.27 bits per heavy atom. The van der Waals surface area contributed by atoms with E-state index in [1.807, 2.05) is 0 Å². The van der Waals surface area contributed by atoms with E-state index in [0.717, 1.165) is 6.07 Å². The van der Waals surface area contributed by atoms with E-state index in [2.05, 4.69) is 15.3 Å². The zero-order valence-corrected chi connectivity index (χ0v) is 11.7. The second-order valence-electron chi connectivity index (χ2n) is 4.73. The summed E-state index contributed by atoms with van der Waals surface area (Å²) in [5, 5.41) is 12.8. The average Bonchev–Trinajstić information content (AvgIpc) is 2.43. The van der Waals surface area contributed by atoms with Gasteiger partial charge in [0.25, 0.3) is 0 Å². The largest absolute Gasteiger partial charge is 0.416 e. The van der Waals surface area contributed by atoms with Gasteiger partial charge in [0.05, 0.1) is 11.7 Å². The Kier molecular flexibility index (Phi) is 4.51. The summed E-state index contributed by atoms with van der Waals surface area (Å²) in [6, 6.07) is 6.49. The van der Waals surface area contributed by atoms with E-state index in [9.17, 15) is 18.3 Å².